The van der Waals surface area contributed by atoms with Crippen molar-refractivity contribution < 1.29 is 4.79 Å². The van der Waals surface area contributed by atoms with Gasteiger partial charge >= 0.3 is 0 Å². The summed E-state index contributed by atoms with van der Waals surface area (Å²) in [7, 11) is 0. The summed E-state index contributed by atoms with van der Waals surface area (Å²) in [6, 6.07) is 0. The molecule has 60 valence electrons. The van der Waals surface area contributed by atoms with Gasteiger partial charge in [-0.15, -0.1) is 0 Å². The molecule has 0 spiro atoms. The van der Waals surface area contributed by atoms with E-state index in [0.29, 0.717) is 6.54 Å². The van der Waals surface area contributed by atoms with E-state index in [0.717, 1.165) is 6.42 Å². The van der Waals surface area contributed by atoms with Crippen molar-refractivity contribution >= 4 is 5.91 Å². The Kier molecular flexibility index (Phi) is 4.03. The van der Waals surface area contributed by atoms with Crippen LogP contribution in [0.15, 0.2) is 0 Å². The fraction of sp³-hybridized carbons (Fsp3) is 0.857. The van der Waals surface area contributed by atoms with Crippen LogP contribution in [-0.2, 0) is 4.79 Å². The third-order valence-electron chi connectivity index (χ3n) is 1.24. The molecule has 0 saturated carbocycles. The zero-order chi connectivity index (χ0) is 8.15. The first kappa shape index (κ1) is 9.43. The van der Waals surface area contributed by atoms with Crippen molar-refractivity contribution in [2.24, 2.45) is 11.8 Å². The largest absolute Gasteiger partial charge is 0.281 e. The quantitative estimate of drug-likeness (QED) is 0.361. The lowest BCUT2D eigenvalue weighted by molar-refractivity contribution is -0.134. The highest BCUT2D eigenvalue weighted by Gasteiger charge is 2.11. The summed E-state index contributed by atoms with van der Waals surface area (Å²) in [4.78, 5) is 11.0. The Bertz CT molecular complexity index is 112. The number of amides is 1. The molecular weight excluding hydrogens is 128 g/mol. The second-order valence-corrected chi connectivity index (χ2v) is 2.69. The number of carbonyl (C=O) groups excluding carboxylic acids is 1. The second-order valence-electron chi connectivity index (χ2n) is 2.69. The maximum Gasteiger partial charge on any atom is 0.239 e. The third kappa shape index (κ3) is 2.82. The maximum atomic E-state index is 11.0. The highest BCUT2D eigenvalue weighted by atomic mass is 16.2. The summed E-state index contributed by atoms with van der Waals surface area (Å²) in [5.74, 6) is 5.44. The molecule has 3 heteroatoms. The smallest absolute Gasteiger partial charge is 0.239 e. The van der Waals surface area contributed by atoms with E-state index >= 15 is 0 Å². The van der Waals surface area contributed by atoms with Gasteiger partial charge in [0.05, 0.1) is 0 Å². The molecule has 0 bridgehead atoms. The Balaban J connectivity index is 3.71. The standard InChI is InChI=1S/C7H16N2O/c1-4-5-9(8)7(10)6(2)3/h6H,4-5,8H2,1-3H3. The molecule has 0 aliphatic carbocycles. The molecule has 0 aromatic heterocycles. The van der Waals surface area contributed by atoms with Crippen LogP contribution in [0.1, 0.15) is 27.2 Å². The minimum absolute atomic E-state index is 0.0107. The molecule has 1 amide bonds. The van der Waals surface area contributed by atoms with Crippen molar-refractivity contribution in [2.45, 2.75) is 27.2 Å². The molecule has 2 N–H and O–H groups in total. The van der Waals surface area contributed by atoms with E-state index in [1.807, 2.05) is 20.8 Å². The van der Waals surface area contributed by atoms with Crippen LogP contribution in [0.4, 0.5) is 0 Å². The first-order valence-corrected chi connectivity index (χ1v) is 3.65. The van der Waals surface area contributed by atoms with Gasteiger partial charge in [-0.2, -0.15) is 0 Å². The first-order chi connectivity index (χ1) is 4.59. The van der Waals surface area contributed by atoms with Crippen LogP contribution in [0, 0.1) is 5.92 Å². The number of rotatable bonds is 3. The van der Waals surface area contributed by atoms with Gasteiger partial charge in [0, 0.05) is 12.5 Å². The predicted molar refractivity (Wildman–Crippen MR) is 41.0 cm³/mol. The number of hydrogen-bond donors (Lipinski definition) is 1. The summed E-state index contributed by atoms with van der Waals surface area (Å²) in [5, 5.41) is 1.28. The van der Waals surface area contributed by atoms with Crippen LogP contribution in [-0.4, -0.2) is 17.5 Å². The Morgan fingerprint density at radius 3 is 2.40 bits per heavy atom. The van der Waals surface area contributed by atoms with Crippen LogP contribution >= 0.6 is 0 Å². The van der Waals surface area contributed by atoms with Crippen molar-refractivity contribution in [3.05, 3.63) is 0 Å². The molecule has 0 atom stereocenters. The number of hydrazine groups is 1. The zero-order valence-electron chi connectivity index (χ0n) is 6.92. The van der Waals surface area contributed by atoms with Gasteiger partial charge in [-0.05, 0) is 6.42 Å². The average Bonchev–Trinajstić information content (AvgIpc) is 1.87. The van der Waals surface area contributed by atoms with Gasteiger partial charge < -0.3 is 0 Å². The van der Waals surface area contributed by atoms with Gasteiger partial charge in [-0.3, -0.25) is 9.80 Å². The highest BCUT2D eigenvalue weighted by molar-refractivity contribution is 5.77. The molecule has 0 aromatic rings. The second kappa shape index (κ2) is 4.28. The average molecular weight is 144 g/mol. The molecule has 0 saturated heterocycles. The van der Waals surface area contributed by atoms with Crippen molar-refractivity contribution in [3.63, 3.8) is 0 Å². The molecule has 0 heterocycles. The van der Waals surface area contributed by atoms with Crippen LogP contribution in [0.3, 0.4) is 0 Å². The lowest BCUT2D eigenvalue weighted by Gasteiger charge is -2.17. The minimum Gasteiger partial charge on any atom is -0.281 e. The summed E-state index contributed by atoms with van der Waals surface area (Å²) in [6.07, 6.45) is 0.912. The van der Waals surface area contributed by atoms with E-state index in [-0.39, 0.29) is 11.8 Å². The van der Waals surface area contributed by atoms with E-state index in [1.165, 1.54) is 5.01 Å². The number of nitrogens with zero attached hydrogens (tertiary/aromatic N) is 1. The van der Waals surface area contributed by atoms with E-state index in [4.69, 9.17) is 5.84 Å². The van der Waals surface area contributed by atoms with Crippen LogP contribution in [0.2, 0.25) is 0 Å². The van der Waals surface area contributed by atoms with Gasteiger partial charge in [0.2, 0.25) is 5.91 Å². The number of nitrogens with two attached hydrogens (primary N) is 1. The fourth-order valence-corrected chi connectivity index (χ4v) is 0.683. The molecule has 0 aliphatic rings. The van der Waals surface area contributed by atoms with Crippen molar-refractivity contribution in [1.29, 1.82) is 0 Å². The summed E-state index contributed by atoms with van der Waals surface area (Å²) < 4.78 is 0. The maximum absolute atomic E-state index is 11.0. The summed E-state index contributed by atoms with van der Waals surface area (Å²) in [6.45, 7) is 6.33. The zero-order valence-corrected chi connectivity index (χ0v) is 6.92. The van der Waals surface area contributed by atoms with Crippen LogP contribution in [0.25, 0.3) is 0 Å². The molecule has 0 fully saturated rings. The predicted octanol–water partition coefficient (Wildman–Crippen LogP) is 0.755. The van der Waals surface area contributed by atoms with Gasteiger partial charge in [0.1, 0.15) is 0 Å². The Labute approximate surface area is 62.2 Å². The van der Waals surface area contributed by atoms with E-state index in [9.17, 15) is 4.79 Å². The Hall–Kier alpha value is -0.570. The first-order valence-electron chi connectivity index (χ1n) is 3.65. The number of hydrogen-bond acceptors (Lipinski definition) is 2. The van der Waals surface area contributed by atoms with Gasteiger partial charge in [0.15, 0.2) is 0 Å². The third-order valence-corrected chi connectivity index (χ3v) is 1.24. The van der Waals surface area contributed by atoms with Crippen LogP contribution < -0.4 is 5.84 Å². The minimum atomic E-state index is 0.0107. The lowest BCUT2D eigenvalue weighted by atomic mass is 10.2. The molecule has 0 radical (unpaired) electrons. The van der Waals surface area contributed by atoms with Gasteiger partial charge in [-0.1, -0.05) is 20.8 Å². The van der Waals surface area contributed by atoms with Crippen molar-refractivity contribution in [2.75, 3.05) is 6.54 Å². The SMILES string of the molecule is CCCN(N)C(=O)C(C)C. The Morgan fingerprint density at radius 1 is 1.60 bits per heavy atom. The van der Waals surface area contributed by atoms with Crippen molar-refractivity contribution in [3.8, 4) is 0 Å². The van der Waals surface area contributed by atoms with Crippen molar-refractivity contribution in [1.82, 2.24) is 5.01 Å². The van der Waals surface area contributed by atoms with Gasteiger partial charge in [0.25, 0.3) is 0 Å². The fourth-order valence-electron chi connectivity index (χ4n) is 0.683. The summed E-state index contributed by atoms with van der Waals surface area (Å²) in [5.41, 5.74) is 0. The molecule has 0 aliphatic heterocycles. The van der Waals surface area contributed by atoms with E-state index < -0.39 is 0 Å². The molecule has 0 aromatic carbocycles. The molecule has 0 unspecified atom stereocenters. The normalized spacial score (nSPS) is 10.1. The number of carbonyl (C=O) groups is 1. The van der Waals surface area contributed by atoms with E-state index in [1.54, 1.807) is 0 Å². The highest BCUT2D eigenvalue weighted by Crippen LogP contribution is 1.96. The Morgan fingerprint density at radius 2 is 2.10 bits per heavy atom. The van der Waals surface area contributed by atoms with Crippen LogP contribution in [0.5, 0.6) is 0 Å². The van der Waals surface area contributed by atoms with Gasteiger partial charge in [-0.25, -0.2) is 5.84 Å². The molecule has 0 rings (SSSR count). The summed E-state index contributed by atoms with van der Waals surface area (Å²) >= 11 is 0. The molecule has 10 heavy (non-hydrogen) atoms. The monoisotopic (exact) mass is 144 g/mol. The molecular formula is C7H16N2O. The van der Waals surface area contributed by atoms with E-state index in [2.05, 4.69) is 0 Å². The topological polar surface area (TPSA) is 46.3 Å². The molecule has 3 nitrogen and oxygen atoms in total. The lowest BCUT2D eigenvalue weighted by Crippen LogP contribution is -2.40.